The second kappa shape index (κ2) is 8.36. The van der Waals surface area contributed by atoms with Gasteiger partial charge in [-0.2, -0.15) is 18.3 Å². The summed E-state index contributed by atoms with van der Waals surface area (Å²) in [4.78, 5) is 11.3. The lowest BCUT2D eigenvalue weighted by atomic mass is 10.0. The van der Waals surface area contributed by atoms with Crippen LogP contribution in [0.5, 0.6) is 0 Å². The molecule has 4 aromatic rings. The Bertz CT molecular complexity index is 1440. The molecule has 4 rings (SSSR count). The minimum absolute atomic E-state index is 0.0140. The predicted molar refractivity (Wildman–Crippen MR) is 117 cm³/mol. The first kappa shape index (κ1) is 22.5. The highest BCUT2D eigenvalue weighted by molar-refractivity contribution is 7.90. The van der Waals surface area contributed by atoms with Gasteiger partial charge < -0.3 is 0 Å². The van der Waals surface area contributed by atoms with E-state index in [4.69, 9.17) is 0 Å². The van der Waals surface area contributed by atoms with Crippen LogP contribution in [0, 0.1) is 0 Å². The van der Waals surface area contributed by atoms with Crippen LogP contribution >= 0.6 is 0 Å². The van der Waals surface area contributed by atoms with E-state index in [9.17, 15) is 26.4 Å². The van der Waals surface area contributed by atoms with Crippen LogP contribution in [0.4, 0.5) is 13.2 Å². The number of nitrogens with one attached hydrogen (secondary N) is 1. The zero-order chi connectivity index (χ0) is 23.8. The first-order valence-corrected chi connectivity index (χ1v) is 11.4. The van der Waals surface area contributed by atoms with Gasteiger partial charge in [-0.1, -0.05) is 43.3 Å². The summed E-state index contributed by atoms with van der Waals surface area (Å²) in [5, 5.41) is 5.52. The van der Waals surface area contributed by atoms with Crippen molar-refractivity contribution in [1.82, 2.24) is 14.5 Å². The molecule has 0 saturated carbocycles. The number of rotatable bonds is 5. The quantitative estimate of drug-likeness (QED) is 0.446. The van der Waals surface area contributed by atoms with Gasteiger partial charge in [0.25, 0.3) is 10.0 Å². The number of hydrogen-bond donors (Lipinski definition) is 1. The molecule has 0 aliphatic rings. The van der Waals surface area contributed by atoms with E-state index in [1.54, 1.807) is 18.2 Å². The number of halogens is 3. The van der Waals surface area contributed by atoms with Gasteiger partial charge in [-0.15, -0.1) is 0 Å². The highest BCUT2D eigenvalue weighted by Crippen LogP contribution is 2.34. The van der Waals surface area contributed by atoms with Gasteiger partial charge in [0, 0.05) is 12.0 Å². The fourth-order valence-electron chi connectivity index (χ4n) is 3.32. The normalized spacial score (nSPS) is 12.1. The summed E-state index contributed by atoms with van der Waals surface area (Å²) in [5.41, 5.74) is -0.126. The third kappa shape index (κ3) is 4.61. The van der Waals surface area contributed by atoms with Crippen LogP contribution in [0.25, 0.3) is 27.7 Å². The Morgan fingerprint density at radius 1 is 0.970 bits per heavy atom. The number of alkyl halides is 3. The molecule has 0 fully saturated rings. The first-order valence-electron chi connectivity index (χ1n) is 9.91. The van der Waals surface area contributed by atoms with Crippen LogP contribution < -0.4 is 4.72 Å². The van der Waals surface area contributed by atoms with Crippen LogP contribution in [0.3, 0.4) is 0 Å². The summed E-state index contributed by atoms with van der Waals surface area (Å²) in [6, 6.07) is 18.8. The second-order valence-electron chi connectivity index (χ2n) is 7.26. The van der Waals surface area contributed by atoms with Crippen molar-refractivity contribution in [3.63, 3.8) is 0 Å². The maximum atomic E-state index is 13.4. The molecule has 33 heavy (non-hydrogen) atoms. The predicted octanol–water partition coefficient (Wildman–Crippen LogP) is 4.93. The molecule has 0 bridgehead atoms. The van der Waals surface area contributed by atoms with Gasteiger partial charge in [-0.05, 0) is 47.2 Å². The van der Waals surface area contributed by atoms with Crippen molar-refractivity contribution < 1.29 is 26.4 Å². The molecular weight excluding hydrogens is 455 g/mol. The van der Waals surface area contributed by atoms with Gasteiger partial charge >= 0.3 is 6.18 Å². The molecule has 0 radical (unpaired) electrons. The minimum atomic E-state index is -4.66. The van der Waals surface area contributed by atoms with E-state index in [0.717, 1.165) is 21.5 Å². The largest absolute Gasteiger partial charge is 0.435 e. The van der Waals surface area contributed by atoms with E-state index in [-0.39, 0.29) is 22.7 Å². The molecular formula is C23H18F3N3O3S. The number of benzene rings is 3. The molecule has 0 atom stereocenters. The lowest BCUT2D eigenvalue weighted by molar-refractivity contribution is -0.141. The van der Waals surface area contributed by atoms with Gasteiger partial charge in [0.15, 0.2) is 5.69 Å². The van der Waals surface area contributed by atoms with Crippen molar-refractivity contribution in [1.29, 1.82) is 0 Å². The SMILES string of the molecule is CCC(=O)NS(=O)(=O)c1ccc(-n2nc(C(F)(F)F)cc2-c2ccc3ccccc3c2)cc1. The fourth-order valence-corrected chi connectivity index (χ4v) is 4.37. The first-order chi connectivity index (χ1) is 15.6. The van der Waals surface area contributed by atoms with Gasteiger partial charge in [0.05, 0.1) is 16.3 Å². The van der Waals surface area contributed by atoms with E-state index in [1.807, 2.05) is 29.0 Å². The summed E-state index contributed by atoms with van der Waals surface area (Å²) in [5.74, 6) is -0.667. The minimum Gasteiger partial charge on any atom is -0.274 e. The number of fused-ring (bicyclic) bond motifs is 1. The molecule has 0 aliphatic heterocycles. The molecule has 0 aliphatic carbocycles. The highest BCUT2D eigenvalue weighted by atomic mass is 32.2. The Morgan fingerprint density at radius 2 is 1.64 bits per heavy atom. The molecule has 0 spiro atoms. The average molecular weight is 473 g/mol. The number of carbonyl (C=O) groups excluding carboxylic acids is 1. The Kier molecular flexibility index (Phi) is 5.71. The van der Waals surface area contributed by atoms with Crippen LogP contribution in [0.15, 0.2) is 77.7 Å². The Labute approximate surface area is 187 Å². The number of sulfonamides is 1. The molecule has 3 aromatic carbocycles. The number of carbonyl (C=O) groups is 1. The number of amides is 1. The molecule has 1 heterocycles. The number of aromatic nitrogens is 2. The van der Waals surface area contributed by atoms with Gasteiger partial charge in [0.2, 0.25) is 5.91 Å². The van der Waals surface area contributed by atoms with Crippen LogP contribution in [-0.4, -0.2) is 24.1 Å². The third-order valence-electron chi connectivity index (χ3n) is 5.01. The van der Waals surface area contributed by atoms with Gasteiger partial charge in [0.1, 0.15) is 0 Å². The van der Waals surface area contributed by atoms with Crippen molar-refractivity contribution in [3.05, 3.63) is 78.5 Å². The fraction of sp³-hybridized carbons (Fsp3) is 0.130. The lowest BCUT2D eigenvalue weighted by Gasteiger charge is -2.10. The smallest absolute Gasteiger partial charge is 0.274 e. The Balaban J connectivity index is 1.80. The highest BCUT2D eigenvalue weighted by Gasteiger charge is 2.35. The van der Waals surface area contributed by atoms with Crippen molar-refractivity contribution in [2.24, 2.45) is 0 Å². The molecule has 1 aromatic heterocycles. The summed E-state index contributed by atoms with van der Waals surface area (Å²) < 4.78 is 68.0. The maximum absolute atomic E-state index is 13.4. The monoisotopic (exact) mass is 473 g/mol. The number of nitrogens with zero attached hydrogens (tertiary/aromatic N) is 2. The van der Waals surface area contributed by atoms with Crippen LogP contribution in [0.2, 0.25) is 0 Å². The van der Waals surface area contributed by atoms with Gasteiger partial charge in [-0.25, -0.2) is 17.8 Å². The lowest BCUT2D eigenvalue weighted by Crippen LogP contribution is -2.29. The van der Waals surface area contributed by atoms with E-state index in [2.05, 4.69) is 5.10 Å². The Morgan fingerprint density at radius 3 is 2.27 bits per heavy atom. The average Bonchev–Trinajstić information content (AvgIpc) is 3.24. The van der Waals surface area contributed by atoms with Crippen molar-refractivity contribution in [2.75, 3.05) is 0 Å². The maximum Gasteiger partial charge on any atom is 0.435 e. The number of hydrogen-bond acceptors (Lipinski definition) is 4. The summed E-state index contributed by atoms with van der Waals surface area (Å²) >= 11 is 0. The summed E-state index contributed by atoms with van der Waals surface area (Å²) in [7, 11) is -4.08. The van der Waals surface area contributed by atoms with Crippen molar-refractivity contribution in [2.45, 2.75) is 24.4 Å². The molecule has 170 valence electrons. The second-order valence-corrected chi connectivity index (χ2v) is 8.94. The summed E-state index contributed by atoms with van der Waals surface area (Å²) in [6.07, 6.45) is -4.68. The molecule has 1 N–H and O–H groups in total. The van der Waals surface area contributed by atoms with Crippen LogP contribution in [0.1, 0.15) is 19.0 Å². The van der Waals surface area contributed by atoms with Crippen LogP contribution in [-0.2, 0) is 21.0 Å². The van der Waals surface area contributed by atoms with E-state index in [1.165, 1.54) is 31.2 Å². The van der Waals surface area contributed by atoms with Crippen molar-refractivity contribution >= 4 is 26.7 Å². The zero-order valence-electron chi connectivity index (χ0n) is 17.3. The molecule has 1 amide bonds. The molecule has 10 heteroatoms. The summed E-state index contributed by atoms with van der Waals surface area (Å²) in [6.45, 7) is 1.51. The Hall–Kier alpha value is -3.66. The standard InChI is InChI=1S/C23H18F3N3O3S/c1-2-22(30)28-33(31,32)19-11-9-18(10-12-19)29-20(14-21(27-29)23(24,25)26)17-8-7-15-5-3-4-6-16(15)13-17/h3-14H,2H2,1H3,(H,28,30). The zero-order valence-corrected chi connectivity index (χ0v) is 18.1. The van der Waals surface area contributed by atoms with Crippen molar-refractivity contribution in [3.8, 4) is 16.9 Å². The molecule has 0 saturated heterocycles. The third-order valence-corrected chi connectivity index (χ3v) is 6.40. The van der Waals surface area contributed by atoms with Gasteiger partial charge in [-0.3, -0.25) is 4.79 Å². The van der Waals surface area contributed by atoms with E-state index in [0.29, 0.717) is 5.56 Å². The van der Waals surface area contributed by atoms with E-state index >= 15 is 0 Å². The molecule has 6 nitrogen and oxygen atoms in total. The topological polar surface area (TPSA) is 81.1 Å². The molecule has 0 unspecified atom stereocenters. The van der Waals surface area contributed by atoms with E-state index < -0.39 is 27.8 Å².